The van der Waals surface area contributed by atoms with Crippen molar-refractivity contribution in [1.29, 1.82) is 0 Å². The van der Waals surface area contributed by atoms with E-state index in [-0.39, 0.29) is 11.9 Å². The molecule has 0 aliphatic heterocycles. The van der Waals surface area contributed by atoms with E-state index in [0.717, 1.165) is 12.4 Å². The Labute approximate surface area is 130 Å². The van der Waals surface area contributed by atoms with Gasteiger partial charge in [-0.25, -0.2) is 9.97 Å². The number of benzene rings is 1. The largest absolute Gasteiger partial charge is 0.416 e. The van der Waals surface area contributed by atoms with Crippen molar-refractivity contribution in [1.82, 2.24) is 9.97 Å². The number of nitrogens with one attached hydrogen (secondary N) is 1. The van der Waals surface area contributed by atoms with E-state index < -0.39 is 40.8 Å². The molecule has 0 radical (unpaired) electrons. The number of carbonyl (C=O) groups excluding carboxylic acids is 1. The average molecular weight is 350 g/mol. The summed E-state index contributed by atoms with van der Waals surface area (Å²) < 4.78 is 76.7. The number of primary amides is 1. The molecule has 11 heteroatoms. The van der Waals surface area contributed by atoms with E-state index >= 15 is 0 Å². The Morgan fingerprint density at radius 3 is 1.88 bits per heavy atom. The summed E-state index contributed by atoms with van der Waals surface area (Å²) in [5.41, 5.74) is 1.01. The number of nitrogens with two attached hydrogens (primary N) is 1. The summed E-state index contributed by atoms with van der Waals surface area (Å²) >= 11 is 0. The van der Waals surface area contributed by atoms with Gasteiger partial charge in [0.05, 0.1) is 11.1 Å². The number of alkyl halides is 6. The van der Waals surface area contributed by atoms with Gasteiger partial charge in [-0.2, -0.15) is 26.3 Å². The molecule has 5 nitrogen and oxygen atoms in total. The molecule has 0 atom stereocenters. The Morgan fingerprint density at radius 2 is 1.42 bits per heavy atom. The fourth-order valence-corrected chi connectivity index (χ4v) is 1.77. The first-order valence-corrected chi connectivity index (χ1v) is 6.16. The summed E-state index contributed by atoms with van der Waals surface area (Å²) in [5.74, 6) is -1.41. The highest BCUT2D eigenvalue weighted by atomic mass is 19.4. The first kappa shape index (κ1) is 17.5. The molecule has 0 aliphatic rings. The van der Waals surface area contributed by atoms with E-state index in [4.69, 9.17) is 5.73 Å². The van der Waals surface area contributed by atoms with Crippen LogP contribution in [0.15, 0.2) is 30.6 Å². The van der Waals surface area contributed by atoms with Crippen molar-refractivity contribution in [2.75, 3.05) is 5.32 Å². The van der Waals surface area contributed by atoms with Crippen molar-refractivity contribution >= 4 is 17.4 Å². The summed E-state index contributed by atoms with van der Waals surface area (Å²) in [6.45, 7) is 0. The van der Waals surface area contributed by atoms with Crippen LogP contribution in [0.1, 0.15) is 21.6 Å². The molecular weight excluding hydrogens is 342 g/mol. The fourth-order valence-electron chi connectivity index (χ4n) is 1.77. The molecule has 2 rings (SSSR count). The maximum Gasteiger partial charge on any atom is 0.416 e. The van der Waals surface area contributed by atoms with Crippen LogP contribution < -0.4 is 11.1 Å². The second kappa shape index (κ2) is 5.98. The molecule has 3 N–H and O–H groups in total. The van der Waals surface area contributed by atoms with E-state index in [1.807, 2.05) is 0 Å². The van der Waals surface area contributed by atoms with Crippen LogP contribution in [0.3, 0.4) is 0 Å². The number of aromatic nitrogens is 2. The highest BCUT2D eigenvalue weighted by molar-refractivity contribution is 5.96. The molecule has 24 heavy (non-hydrogen) atoms. The van der Waals surface area contributed by atoms with Gasteiger partial charge in [-0.05, 0) is 18.2 Å². The van der Waals surface area contributed by atoms with E-state index in [9.17, 15) is 31.1 Å². The zero-order chi connectivity index (χ0) is 18.1. The average Bonchev–Trinajstić information content (AvgIpc) is 2.45. The highest BCUT2D eigenvalue weighted by Crippen LogP contribution is 2.38. The molecule has 0 aliphatic carbocycles. The lowest BCUT2D eigenvalue weighted by molar-refractivity contribution is -0.143. The minimum Gasteiger partial charge on any atom is -0.364 e. The van der Waals surface area contributed by atoms with Crippen LogP contribution in [-0.4, -0.2) is 15.9 Å². The second-order valence-electron chi connectivity index (χ2n) is 4.54. The van der Waals surface area contributed by atoms with Crippen molar-refractivity contribution in [2.24, 2.45) is 5.73 Å². The van der Waals surface area contributed by atoms with Crippen molar-refractivity contribution in [3.8, 4) is 0 Å². The van der Waals surface area contributed by atoms with Gasteiger partial charge in [-0.15, -0.1) is 0 Å². The first-order chi connectivity index (χ1) is 11.0. The number of halogens is 6. The SMILES string of the molecule is NC(=O)c1nccnc1Nc1cc(C(F)(F)F)cc(C(F)(F)F)c1. The third-order valence-electron chi connectivity index (χ3n) is 2.78. The number of hydrogen-bond acceptors (Lipinski definition) is 4. The number of nitrogens with zero attached hydrogens (tertiary/aromatic N) is 2. The summed E-state index contributed by atoms with van der Waals surface area (Å²) in [4.78, 5) is 18.4. The standard InChI is InChI=1S/C13H8F6N4O/c14-12(15,16)6-3-7(13(17,18)19)5-8(4-6)23-11-9(10(20)24)21-1-2-22-11/h1-5H,(H2,20,24)(H,22,23). The van der Waals surface area contributed by atoms with Gasteiger partial charge in [-0.1, -0.05) is 0 Å². The predicted octanol–water partition coefficient (Wildman–Crippen LogP) is 3.36. The lowest BCUT2D eigenvalue weighted by Crippen LogP contribution is -2.16. The number of rotatable bonds is 3. The van der Waals surface area contributed by atoms with E-state index in [2.05, 4.69) is 15.3 Å². The molecule has 0 fully saturated rings. The summed E-state index contributed by atoms with van der Waals surface area (Å²) in [6.07, 6.45) is -7.80. The van der Waals surface area contributed by atoms with E-state index in [1.54, 1.807) is 0 Å². The molecule has 1 aromatic carbocycles. The molecule has 2 aromatic rings. The van der Waals surface area contributed by atoms with Crippen LogP contribution >= 0.6 is 0 Å². The maximum atomic E-state index is 12.8. The van der Waals surface area contributed by atoms with Crippen molar-refractivity contribution in [3.63, 3.8) is 0 Å². The van der Waals surface area contributed by atoms with E-state index in [0.29, 0.717) is 12.1 Å². The summed E-state index contributed by atoms with van der Waals surface area (Å²) in [5, 5.41) is 2.20. The highest BCUT2D eigenvalue weighted by Gasteiger charge is 2.37. The second-order valence-corrected chi connectivity index (χ2v) is 4.54. The van der Waals surface area contributed by atoms with Gasteiger partial charge in [0.1, 0.15) is 0 Å². The Hall–Kier alpha value is -2.85. The summed E-state index contributed by atoms with van der Waals surface area (Å²) in [7, 11) is 0. The number of amides is 1. The molecule has 1 aromatic heterocycles. The quantitative estimate of drug-likeness (QED) is 0.832. The van der Waals surface area contributed by atoms with Gasteiger partial charge in [0.15, 0.2) is 11.5 Å². The lowest BCUT2D eigenvalue weighted by Gasteiger charge is -2.15. The number of hydrogen-bond donors (Lipinski definition) is 2. The minimum atomic E-state index is -4.99. The molecule has 0 saturated carbocycles. The normalized spacial score (nSPS) is 12.1. The van der Waals surface area contributed by atoms with Crippen molar-refractivity contribution in [2.45, 2.75) is 12.4 Å². The Balaban J connectivity index is 2.53. The number of anilines is 2. The van der Waals surface area contributed by atoms with Crippen LogP contribution in [0, 0.1) is 0 Å². The van der Waals surface area contributed by atoms with Crippen LogP contribution in [0.2, 0.25) is 0 Å². The predicted molar refractivity (Wildman–Crippen MR) is 70.3 cm³/mol. The topological polar surface area (TPSA) is 80.9 Å². The van der Waals surface area contributed by atoms with Gasteiger partial charge in [0, 0.05) is 18.1 Å². The molecule has 0 spiro atoms. The Bertz CT molecular complexity index is 740. The first-order valence-electron chi connectivity index (χ1n) is 6.16. The zero-order valence-electron chi connectivity index (χ0n) is 11.5. The van der Waals surface area contributed by atoms with Gasteiger partial charge in [0.25, 0.3) is 5.91 Å². The molecule has 1 amide bonds. The van der Waals surface area contributed by atoms with Crippen LogP contribution in [0.5, 0.6) is 0 Å². The maximum absolute atomic E-state index is 12.8. The third kappa shape index (κ3) is 3.91. The minimum absolute atomic E-state index is 0.0170. The van der Waals surface area contributed by atoms with Crippen molar-refractivity contribution in [3.05, 3.63) is 47.4 Å². The van der Waals surface area contributed by atoms with Crippen LogP contribution in [0.25, 0.3) is 0 Å². The smallest absolute Gasteiger partial charge is 0.364 e. The van der Waals surface area contributed by atoms with Crippen LogP contribution in [-0.2, 0) is 12.4 Å². The van der Waals surface area contributed by atoms with Gasteiger partial charge in [-0.3, -0.25) is 4.79 Å². The zero-order valence-corrected chi connectivity index (χ0v) is 11.5. The van der Waals surface area contributed by atoms with Gasteiger partial charge < -0.3 is 11.1 Å². The Morgan fingerprint density at radius 1 is 0.917 bits per heavy atom. The Kier molecular flexibility index (Phi) is 4.36. The monoisotopic (exact) mass is 350 g/mol. The van der Waals surface area contributed by atoms with Gasteiger partial charge >= 0.3 is 12.4 Å². The molecular formula is C13H8F6N4O. The van der Waals surface area contributed by atoms with Crippen molar-refractivity contribution < 1.29 is 31.1 Å². The van der Waals surface area contributed by atoms with Gasteiger partial charge in [0.2, 0.25) is 0 Å². The lowest BCUT2D eigenvalue weighted by atomic mass is 10.1. The molecule has 0 bridgehead atoms. The third-order valence-corrected chi connectivity index (χ3v) is 2.78. The molecule has 0 unspecified atom stereocenters. The number of carbonyl (C=O) groups is 1. The molecule has 0 saturated heterocycles. The molecule has 1 heterocycles. The van der Waals surface area contributed by atoms with E-state index in [1.165, 1.54) is 0 Å². The molecule has 128 valence electrons. The summed E-state index contributed by atoms with van der Waals surface area (Å²) in [6, 6.07) is 0.889. The fraction of sp³-hybridized carbons (Fsp3) is 0.154. The van der Waals surface area contributed by atoms with Crippen LogP contribution in [0.4, 0.5) is 37.8 Å².